The van der Waals surface area contributed by atoms with Crippen LogP contribution in [0.2, 0.25) is 10.0 Å². The molecule has 3 aromatic rings. The average Bonchev–Trinajstić information content (AvgIpc) is 2.78. The van der Waals surface area contributed by atoms with Gasteiger partial charge in [0.1, 0.15) is 0 Å². The van der Waals surface area contributed by atoms with Crippen molar-refractivity contribution in [2.45, 2.75) is 6.42 Å². The lowest BCUT2D eigenvalue weighted by Crippen LogP contribution is -2.47. The Morgan fingerprint density at radius 1 is 0.900 bits per heavy atom. The maximum Gasteiger partial charge on any atom is 0.251 e. The second-order valence-electron chi connectivity index (χ2n) is 7.57. The molecule has 1 aliphatic rings. The van der Waals surface area contributed by atoms with Gasteiger partial charge in [0, 0.05) is 38.3 Å². The van der Waals surface area contributed by atoms with Crippen LogP contribution < -0.4 is 10.2 Å². The minimum Gasteiger partial charge on any atom is -0.368 e. The lowest BCUT2D eigenvalue weighted by atomic mass is 10.1. The molecule has 0 saturated carbocycles. The summed E-state index contributed by atoms with van der Waals surface area (Å²) in [7, 11) is 0. The van der Waals surface area contributed by atoms with Gasteiger partial charge < -0.3 is 10.2 Å². The topological polar surface area (TPSA) is 35.6 Å². The van der Waals surface area contributed by atoms with Crippen LogP contribution in [0, 0.1) is 0 Å². The molecule has 1 aliphatic heterocycles. The van der Waals surface area contributed by atoms with Crippen LogP contribution in [0.1, 0.15) is 16.8 Å². The smallest absolute Gasteiger partial charge is 0.251 e. The van der Waals surface area contributed by atoms with Gasteiger partial charge in [0.25, 0.3) is 5.91 Å². The monoisotopic (exact) mass is 441 g/mol. The molecular weight excluding hydrogens is 417 g/mol. The van der Waals surface area contributed by atoms with Gasteiger partial charge >= 0.3 is 0 Å². The summed E-state index contributed by atoms with van der Waals surface area (Å²) in [6, 6.07) is 19.7. The Kier molecular flexibility index (Phi) is 6.78. The van der Waals surface area contributed by atoms with Crippen molar-refractivity contribution >= 4 is 45.6 Å². The molecule has 0 bridgehead atoms. The third kappa shape index (κ3) is 4.89. The standard InChI is InChI=1S/C24H25Cl2N3O/c25-21-7-3-8-22(23(21)26)29-15-13-28(14-16-29)12-4-11-27-24(30)20-10-9-18-5-1-2-6-19(18)17-20/h1-3,5-10,17H,4,11-16H2,(H,27,30). The van der Waals surface area contributed by atoms with E-state index in [-0.39, 0.29) is 5.91 Å². The van der Waals surface area contributed by atoms with Crippen molar-refractivity contribution in [1.82, 2.24) is 10.2 Å². The van der Waals surface area contributed by atoms with Gasteiger partial charge in [-0.1, -0.05) is 59.6 Å². The second-order valence-corrected chi connectivity index (χ2v) is 8.36. The summed E-state index contributed by atoms with van der Waals surface area (Å²) < 4.78 is 0. The van der Waals surface area contributed by atoms with E-state index in [1.807, 2.05) is 54.6 Å². The van der Waals surface area contributed by atoms with E-state index in [2.05, 4.69) is 21.2 Å². The summed E-state index contributed by atoms with van der Waals surface area (Å²) >= 11 is 12.5. The molecule has 1 heterocycles. The number of anilines is 1. The highest BCUT2D eigenvalue weighted by Gasteiger charge is 2.19. The zero-order valence-corrected chi connectivity index (χ0v) is 18.3. The van der Waals surface area contributed by atoms with E-state index >= 15 is 0 Å². The number of hydrogen-bond acceptors (Lipinski definition) is 3. The van der Waals surface area contributed by atoms with Crippen molar-refractivity contribution < 1.29 is 4.79 Å². The zero-order chi connectivity index (χ0) is 20.9. The van der Waals surface area contributed by atoms with Gasteiger partial charge in [0.15, 0.2) is 0 Å². The number of halogens is 2. The Balaban J connectivity index is 1.21. The van der Waals surface area contributed by atoms with Crippen LogP contribution in [0.15, 0.2) is 60.7 Å². The van der Waals surface area contributed by atoms with Crippen molar-refractivity contribution in [2.24, 2.45) is 0 Å². The number of amides is 1. The minimum absolute atomic E-state index is 0.0128. The van der Waals surface area contributed by atoms with E-state index < -0.39 is 0 Å². The summed E-state index contributed by atoms with van der Waals surface area (Å²) in [5.41, 5.74) is 1.71. The maximum atomic E-state index is 12.4. The van der Waals surface area contributed by atoms with Crippen LogP contribution in [-0.2, 0) is 0 Å². The third-order valence-corrected chi connectivity index (χ3v) is 6.40. The molecule has 0 aromatic heterocycles. The van der Waals surface area contributed by atoms with Gasteiger partial charge in [-0.15, -0.1) is 0 Å². The normalized spacial score (nSPS) is 14.8. The number of fused-ring (bicyclic) bond motifs is 1. The number of benzene rings is 3. The summed E-state index contributed by atoms with van der Waals surface area (Å²) in [6.45, 7) is 5.43. The molecule has 156 valence electrons. The number of hydrogen-bond donors (Lipinski definition) is 1. The van der Waals surface area contributed by atoms with Gasteiger partial charge in [0.2, 0.25) is 0 Å². The third-order valence-electron chi connectivity index (χ3n) is 5.59. The van der Waals surface area contributed by atoms with Crippen LogP contribution in [0.5, 0.6) is 0 Å². The highest BCUT2D eigenvalue weighted by Crippen LogP contribution is 2.32. The fraction of sp³-hybridized carbons (Fsp3) is 0.292. The van der Waals surface area contributed by atoms with E-state index in [1.165, 1.54) is 0 Å². The number of piperazine rings is 1. The van der Waals surface area contributed by atoms with E-state index in [0.29, 0.717) is 22.2 Å². The predicted octanol–water partition coefficient (Wildman–Crippen LogP) is 5.09. The lowest BCUT2D eigenvalue weighted by molar-refractivity contribution is 0.0951. The zero-order valence-electron chi connectivity index (χ0n) is 16.8. The molecule has 0 unspecified atom stereocenters. The molecule has 6 heteroatoms. The summed E-state index contributed by atoms with van der Waals surface area (Å²) in [5.74, 6) is -0.0128. The molecule has 4 rings (SSSR count). The number of nitrogens with one attached hydrogen (secondary N) is 1. The summed E-state index contributed by atoms with van der Waals surface area (Å²) in [6.07, 6.45) is 0.928. The molecule has 1 N–H and O–H groups in total. The molecule has 0 atom stereocenters. The summed E-state index contributed by atoms with van der Waals surface area (Å²) in [4.78, 5) is 17.2. The molecule has 3 aromatic carbocycles. The molecule has 1 amide bonds. The quantitative estimate of drug-likeness (QED) is 0.541. The molecule has 1 saturated heterocycles. The van der Waals surface area contributed by atoms with Crippen LogP contribution in [0.25, 0.3) is 10.8 Å². The molecule has 30 heavy (non-hydrogen) atoms. The molecule has 0 aliphatic carbocycles. The Morgan fingerprint density at radius 3 is 2.47 bits per heavy atom. The molecule has 4 nitrogen and oxygen atoms in total. The van der Waals surface area contributed by atoms with E-state index in [1.54, 1.807) is 0 Å². The molecule has 1 fully saturated rings. The Hall–Kier alpha value is -2.27. The largest absolute Gasteiger partial charge is 0.368 e. The van der Waals surface area contributed by atoms with Crippen molar-refractivity contribution in [3.63, 3.8) is 0 Å². The van der Waals surface area contributed by atoms with Crippen molar-refractivity contribution in [3.8, 4) is 0 Å². The number of carbonyl (C=O) groups is 1. The molecule has 0 spiro atoms. The Labute approximate surface area is 187 Å². The van der Waals surface area contributed by atoms with Crippen LogP contribution >= 0.6 is 23.2 Å². The van der Waals surface area contributed by atoms with Gasteiger partial charge in [-0.25, -0.2) is 0 Å². The number of carbonyl (C=O) groups excluding carboxylic acids is 1. The fourth-order valence-electron chi connectivity index (χ4n) is 3.89. The average molecular weight is 442 g/mol. The van der Waals surface area contributed by atoms with Gasteiger partial charge in [0.05, 0.1) is 15.7 Å². The van der Waals surface area contributed by atoms with Gasteiger partial charge in [-0.3, -0.25) is 9.69 Å². The number of rotatable bonds is 6. The van der Waals surface area contributed by atoms with E-state index in [0.717, 1.165) is 55.6 Å². The van der Waals surface area contributed by atoms with Gasteiger partial charge in [-0.2, -0.15) is 0 Å². The number of nitrogens with zero attached hydrogens (tertiary/aromatic N) is 2. The van der Waals surface area contributed by atoms with Crippen LogP contribution in [0.3, 0.4) is 0 Å². The first-order chi connectivity index (χ1) is 14.6. The maximum absolute atomic E-state index is 12.4. The molecule has 0 radical (unpaired) electrons. The highest BCUT2D eigenvalue weighted by molar-refractivity contribution is 6.43. The van der Waals surface area contributed by atoms with Crippen LogP contribution in [-0.4, -0.2) is 50.1 Å². The predicted molar refractivity (Wildman–Crippen MR) is 126 cm³/mol. The van der Waals surface area contributed by atoms with E-state index in [9.17, 15) is 4.79 Å². The van der Waals surface area contributed by atoms with Crippen molar-refractivity contribution in [1.29, 1.82) is 0 Å². The first-order valence-electron chi connectivity index (χ1n) is 10.3. The fourth-order valence-corrected chi connectivity index (χ4v) is 4.30. The van der Waals surface area contributed by atoms with Gasteiger partial charge in [-0.05, 0) is 48.0 Å². The Morgan fingerprint density at radius 2 is 1.67 bits per heavy atom. The first kappa shape index (κ1) is 21.0. The Bertz CT molecular complexity index is 1030. The summed E-state index contributed by atoms with van der Waals surface area (Å²) in [5, 5.41) is 6.50. The van der Waals surface area contributed by atoms with Crippen molar-refractivity contribution in [2.75, 3.05) is 44.2 Å². The SMILES string of the molecule is O=C(NCCCN1CCN(c2cccc(Cl)c2Cl)CC1)c1ccc2ccccc2c1. The van der Waals surface area contributed by atoms with E-state index in [4.69, 9.17) is 23.2 Å². The molecular formula is C24H25Cl2N3O. The first-order valence-corrected chi connectivity index (χ1v) is 11.1. The minimum atomic E-state index is -0.0128. The highest BCUT2D eigenvalue weighted by atomic mass is 35.5. The van der Waals surface area contributed by atoms with Crippen molar-refractivity contribution in [3.05, 3.63) is 76.3 Å². The second kappa shape index (κ2) is 9.69. The van der Waals surface area contributed by atoms with Crippen LogP contribution in [0.4, 0.5) is 5.69 Å². The lowest BCUT2D eigenvalue weighted by Gasteiger charge is -2.36.